The van der Waals surface area contributed by atoms with E-state index in [-0.39, 0.29) is 6.92 Å². The molecule has 0 aliphatic heterocycles. The molecule has 1 heterocycles. The molecule has 0 aromatic carbocycles. The summed E-state index contributed by atoms with van der Waals surface area (Å²) in [4.78, 5) is 12.5. The normalized spacial score (nSPS) is 16.2. The zero-order valence-electron chi connectivity index (χ0n) is 8.95. The Morgan fingerprint density at radius 2 is 2.00 bits per heavy atom. The number of hydrogen-bond donors (Lipinski definition) is 3. The van der Waals surface area contributed by atoms with Gasteiger partial charge in [0.2, 0.25) is 15.6 Å². The van der Waals surface area contributed by atoms with Crippen molar-refractivity contribution in [2.75, 3.05) is 0 Å². The molecule has 1 aromatic heterocycles. The van der Waals surface area contributed by atoms with Gasteiger partial charge in [-0.3, -0.25) is 0 Å². The average molecular weight is 286 g/mol. The molecule has 0 saturated carbocycles. The number of nitrogens with one attached hydrogen (secondary N) is 2. The van der Waals surface area contributed by atoms with Crippen molar-refractivity contribution in [1.29, 1.82) is 0 Å². The minimum absolute atomic E-state index is 0.236. The van der Waals surface area contributed by atoms with Gasteiger partial charge in [-0.15, -0.1) is 0 Å². The van der Waals surface area contributed by atoms with Crippen molar-refractivity contribution in [2.24, 2.45) is 0 Å². The highest BCUT2D eigenvalue weighted by Crippen LogP contribution is 2.31. The lowest BCUT2D eigenvalue weighted by Gasteiger charge is -2.27. The third-order valence-electron chi connectivity index (χ3n) is 2.21. The van der Waals surface area contributed by atoms with Crippen molar-refractivity contribution < 1.29 is 31.5 Å². The molecule has 1 aromatic rings. The van der Waals surface area contributed by atoms with Crippen LogP contribution in [0.15, 0.2) is 23.4 Å². The fraction of sp³-hybridized carbons (Fsp3) is 0.375. The topological polar surface area (TPSA) is 99.3 Å². The van der Waals surface area contributed by atoms with Crippen LogP contribution in [0.2, 0.25) is 0 Å². The number of carbonyl (C=O) groups is 1. The Kier molecular flexibility index (Phi) is 3.45. The molecule has 0 spiro atoms. The number of rotatable bonds is 4. The predicted molar refractivity (Wildman–Crippen MR) is 53.2 cm³/mol. The zero-order chi connectivity index (χ0) is 14.2. The first-order valence-electron chi connectivity index (χ1n) is 4.47. The molecule has 6 nitrogen and oxygen atoms in total. The van der Waals surface area contributed by atoms with E-state index in [1.807, 2.05) is 0 Å². The molecule has 0 radical (unpaired) electrons. The van der Waals surface area contributed by atoms with Gasteiger partial charge in [0.05, 0.1) is 4.90 Å². The smallest absolute Gasteiger partial charge is 0.418 e. The Labute approximate surface area is 99.9 Å². The second-order valence-corrected chi connectivity index (χ2v) is 5.26. The average Bonchev–Trinajstić information content (AvgIpc) is 2.67. The molecular weight excluding hydrogens is 277 g/mol. The monoisotopic (exact) mass is 286 g/mol. The Bertz CT molecular complexity index is 537. The molecule has 0 fully saturated rings. The number of halogens is 3. The van der Waals surface area contributed by atoms with Gasteiger partial charge in [0.1, 0.15) is 0 Å². The lowest BCUT2D eigenvalue weighted by atomic mass is 10.0. The Hall–Kier alpha value is -1.55. The minimum atomic E-state index is -5.28. The van der Waals surface area contributed by atoms with Gasteiger partial charge in [0.15, 0.2) is 0 Å². The molecule has 0 aliphatic carbocycles. The van der Waals surface area contributed by atoms with E-state index >= 15 is 0 Å². The highest BCUT2D eigenvalue weighted by atomic mass is 32.2. The first-order chi connectivity index (χ1) is 8.01. The number of aromatic amines is 1. The summed E-state index contributed by atoms with van der Waals surface area (Å²) in [6.07, 6.45) is -3.16. The Morgan fingerprint density at radius 1 is 1.44 bits per heavy atom. The van der Waals surface area contributed by atoms with E-state index in [9.17, 15) is 26.4 Å². The van der Waals surface area contributed by atoms with Crippen LogP contribution >= 0.6 is 0 Å². The van der Waals surface area contributed by atoms with Crippen molar-refractivity contribution in [3.8, 4) is 0 Å². The van der Waals surface area contributed by atoms with Crippen LogP contribution in [0, 0.1) is 0 Å². The highest BCUT2D eigenvalue weighted by molar-refractivity contribution is 7.89. The Balaban J connectivity index is 3.19. The van der Waals surface area contributed by atoms with Crippen LogP contribution in [0.4, 0.5) is 13.2 Å². The van der Waals surface area contributed by atoms with Crippen molar-refractivity contribution in [2.45, 2.75) is 23.5 Å². The van der Waals surface area contributed by atoms with Gasteiger partial charge in [-0.1, -0.05) is 0 Å². The summed E-state index contributed by atoms with van der Waals surface area (Å²) in [6, 6.07) is 1.00. The SMILES string of the molecule is CC(NS(=O)(=O)c1cc[nH]c1)(C(=O)O)C(F)(F)F. The fourth-order valence-electron chi connectivity index (χ4n) is 1.03. The van der Waals surface area contributed by atoms with Crippen LogP contribution in [-0.4, -0.2) is 36.2 Å². The van der Waals surface area contributed by atoms with Gasteiger partial charge in [0.25, 0.3) is 0 Å². The van der Waals surface area contributed by atoms with E-state index in [0.29, 0.717) is 0 Å². The standard InChI is InChI=1S/C8H9F3N2O4S/c1-7(6(14)15,8(9,10)11)13-18(16,17)5-2-3-12-4-5/h2-4,12-13H,1H3,(H,14,15). The summed E-state index contributed by atoms with van der Waals surface area (Å²) in [5.41, 5.74) is -3.59. The van der Waals surface area contributed by atoms with E-state index in [0.717, 1.165) is 17.0 Å². The molecule has 3 N–H and O–H groups in total. The Morgan fingerprint density at radius 3 is 2.33 bits per heavy atom. The summed E-state index contributed by atoms with van der Waals surface area (Å²) in [6.45, 7) is 0.236. The third kappa shape index (κ3) is 2.48. The summed E-state index contributed by atoms with van der Waals surface area (Å²) in [7, 11) is -4.58. The fourth-order valence-corrected chi connectivity index (χ4v) is 2.35. The van der Waals surface area contributed by atoms with Crippen molar-refractivity contribution in [3.05, 3.63) is 18.5 Å². The zero-order valence-corrected chi connectivity index (χ0v) is 9.76. The number of alkyl halides is 3. The maximum Gasteiger partial charge on any atom is 0.418 e. The van der Waals surface area contributed by atoms with Crippen molar-refractivity contribution in [1.82, 2.24) is 9.71 Å². The molecule has 0 amide bonds. The molecule has 0 aliphatic rings. The molecule has 102 valence electrons. The van der Waals surface area contributed by atoms with Gasteiger partial charge in [0, 0.05) is 12.4 Å². The molecule has 10 heteroatoms. The van der Waals surface area contributed by atoms with Gasteiger partial charge in [-0.25, -0.2) is 13.2 Å². The number of carboxylic acids is 1. The third-order valence-corrected chi connectivity index (χ3v) is 3.76. The molecule has 1 rings (SSSR count). The van der Waals surface area contributed by atoms with E-state index < -0.39 is 32.6 Å². The maximum absolute atomic E-state index is 12.6. The largest absolute Gasteiger partial charge is 0.480 e. The molecule has 0 bridgehead atoms. The predicted octanol–water partition coefficient (Wildman–Crippen LogP) is 0.699. The van der Waals surface area contributed by atoms with Crippen LogP contribution in [0.25, 0.3) is 0 Å². The number of aromatic nitrogens is 1. The van der Waals surface area contributed by atoms with Crippen molar-refractivity contribution in [3.63, 3.8) is 0 Å². The highest BCUT2D eigenvalue weighted by Gasteiger charge is 2.59. The van der Waals surface area contributed by atoms with Crippen LogP contribution in [0.1, 0.15) is 6.92 Å². The summed E-state index contributed by atoms with van der Waals surface area (Å²) >= 11 is 0. The van der Waals surface area contributed by atoms with Gasteiger partial charge in [-0.2, -0.15) is 17.9 Å². The quantitative estimate of drug-likeness (QED) is 0.758. The molecule has 1 atom stereocenters. The number of hydrogen-bond acceptors (Lipinski definition) is 3. The summed E-state index contributed by atoms with van der Waals surface area (Å²) < 4.78 is 62.1. The van der Waals surface area contributed by atoms with E-state index in [4.69, 9.17) is 5.11 Å². The lowest BCUT2D eigenvalue weighted by molar-refractivity contribution is -0.201. The number of sulfonamides is 1. The second kappa shape index (κ2) is 4.28. The van der Waals surface area contributed by atoms with Crippen LogP contribution < -0.4 is 4.72 Å². The number of carboxylic acid groups (broad SMARTS) is 1. The first kappa shape index (κ1) is 14.5. The summed E-state index contributed by atoms with van der Waals surface area (Å²) in [5, 5.41) is 8.57. The van der Waals surface area contributed by atoms with Crippen molar-refractivity contribution >= 4 is 16.0 Å². The van der Waals surface area contributed by atoms with E-state index in [1.165, 1.54) is 6.20 Å². The van der Waals surface area contributed by atoms with Crippen LogP contribution in [-0.2, 0) is 14.8 Å². The lowest BCUT2D eigenvalue weighted by Crippen LogP contribution is -2.61. The summed E-state index contributed by atoms with van der Waals surface area (Å²) in [5.74, 6) is -2.34. The molecule has 18 heavy (non-hydrogen) atoms. The number of H-pyrrole nitrogens is 1. The maximum atomic E-state index is 12.6. The molecular formula is C8H9F3N2O4S. The molecule has 1 unspecified atom stereocenters. The number of aliphatic carboxylic acids is 1. The van der Waals surface area contributed by atoms with Crippen LogP contribution in [0.3, 0.4) is 0 Å². The van der Waals surface area contributed by atoms with Gasteiger partial charge < -0.3 is 10.1 Å². The van der Waals surface area contributed by atoms with Crippen LogP contribution in [0.5, 0.6) is 0 Å². The van der Waals surface area contributed by atoms with Gasteiger partial charge >= 0.3 is 12.1 Å². The molecule has 0 saturated heterocycles. The van der Waals surface area contributed by atoms with E-state index in [2.05, 4.69) is 4.98 Å². The van der Waals surface area contributed by atoms with Gasteiger partial charge in [-0.05, 0) is 13.0 Å². The van der Waals surface area contributed by atoms with E-state index in [1.54, 1.807) is 0 Å². The second-order valence-electron chi connectivity index (χ2n) is 3.58. The first-order valence-corrected chi connectivity index (χ1v) is 5.96. The minimum Gasteiger partial charge on any atom is -0.480 e.